The molecule has 1 aliphatic rings. The maximum Gasteiger partial charge on any atom is 0.233 e. The predicted molar refractivity (Wildman–Crippen MR) is 103 cm³/mol. The Labute approximate surface area is 153 Å². The van der Waals surface area contributed by atoms with Crippen molar-refractivity contribution in [2.24, 2.45) is 0 Å². The molecule has 0 atom stereocenters. The largest absolute Gasteiger partial charge is 0.383 e. The minimum atomic E-state index is -0.0142. The number of hydrogen-bond donors (Lipinski definition) is 3. The van der Waals surface area contributed by atoms with Crippen LogP contribution in [0.5, 0.6) is 0 Å². The van der Waals surface area contributed by atoms with E-state index >= 15 is 0 Å². The van der Waals surface area contributed by atoms with Crippen molar-refractivity contribution in [2.45, 2.75) is 46.1 Å². The van der Waals surface area contributed by atoms with Gasteiger partial charge in [0.05, 0.1) is 13.0 Å². The summed E-state index contributed by atoms with van der Waals surface area (Å²) in [6, 6.07) is 3.91. The van der Waals surface area contributed by atoms with E-state index in [-0.39, 0.29) is 18.5 Å². The van der Waals surface area contributed by atoms with Gasteiger partial charge in [-0.05, 0) is 25.0 Å². The number of unbranched alkanes of at least 4 members (excludes halogenated alkanes) is 2. The Morgan fingerprint density at radius 3 is 2.77 bits per heavy atom. The Bertz CT molecular complexity index is 761. The lowest BCUT2D eigenvalue weighted by Crippen LogP contribution is -2.27. The van der Waals surface area contributed by atoms with Crippen LogP contribution >= 0.6 is 0 Å². The molecule has 3 heterocycles. The monoisotopic (exact) mass is 357 g/mol. The van der Waals surface area contributed by atoms with Crippen LogP contribution in [0.3, 0.4) is 0 Å². The molecular weight excluding hydrogens is 330 g/mol. The summed E-state index contributed by atoms with van der Waals surface area (Å²) in [5.74, 6) is 1.45. The third-order valence-electron chi connectivity index (χ3n) is 4.28. The van der Waals surface area contributed by atoms with Gasteiger partial charge in [0.25, 0.3) is 0 Å². The van der Waals surface area contributed by atoms with Crippen LogP contribution in [-0.2, 0) is 17.8 Å². The molecular formula is C18H27N7O. The van der Waals surface area contributed by atoms with Gasteiger partial charge in [0.2, 0.25) is 11.9 Å². The third kappa shape index (κ3) is 4.26. The molecule has 1 amide bonds. The number of carbonyl (C=O) groups is 1. The van der Waals surface area contributed by atoms with E-state index in [1.807, 2.05) is 19.1 Å². The summed E-state index contributed by atoms with van der Waals surface area (Å²) in [6.07, 6.45) is 5.39. The molecule has 140 valence electrons. The van der Waals surface area contributed by atoms with Gasteiger partial charge in [0.1, 0.15) is 11.6 Å². The molecule has 3 rings (SSSR count). The van der Waals surface area contributed by atoms with E-state index in [4.69, 9.17) is 5.73 Å². The van der Waals surface area contributed by atoms with Gasteiger partial charge >= 0.3 is 0 Å². The summed E-state index contributed by atoms with van der Waals surface area (Å²) in [7, 11) is 0. The van der Waals surface area contributed by atoms with Gasteiger partial charge < -0.3 is 17.2 Å². The fourth-order valence-electron chi connectivity index (χ4n) is 2.84. The molecule has 0 radical (unpaired) electrons. The lowest BCUT2D eigenvalue weighted by atomic mass is 10.2. The van der Waals surface area contributed by atoms with E-state index in [2.05, 4.69) is 27.2 Å². The molecule has 0 fully saturated rings. The van der Waals surface area contributed by atoms with Crippen LogP contribution in [-0.4, -0.2) is 27.4 Å². The fraction of sp³-hybridized carbons (Fsp3) is 0.444. The number of rotatable bonds is 7. The number of amides is 1. The Morgan fingerprint density at radius 1 is 1.27 bits per heavy atom. The molecule has 8 nitrogen and oxygen atoms in total. The number of nitrogens with one attached hydrogen (secondary N) is 1. The van der Waals surface area contributed by atoms with E-state index in [1.54, 1.807) is 11.1 Å². The van der Waals surface area contributed by atoms with Crippen molar-refractivity contribution < 1.29 is 4.79 Å². The molecule has 0 spiro atoms. The Hall–Kier alpha value is -2.74. The summed E-state index contributed by atoms with van der Waals surface area (Å²) in [4.78, 5) is 27.2. The second-order valence-corrected chi connectivity index (χ2v) is 6.33. The average molecular weight is 357 g/mol. The van der Waals surface area contributed by atoms with Crippen molar-refractivity contribution >= 4 is 23.5 Å². The summed E-state index contributed by atoms with van der Waals surface area (Å²) in [5, 5.41) is 3.20. The van der Waals surface area contributed by atoms with Crippen LogP contribution in [0.15, 0.2) is 18.3 Å². The smallest absolute Gasteiger partial charge is 0.233 e. The molecule has 0 unspecified atom stereocenters. The quantitative estimate of drug-likeness (QED) is 0.649. The highest BCUT2D eigenvalue weighted by molar-refractivity contribution is 6.01. The zero-order valence-electron chi connectivity index (χ0n) is 15.5. The number of nitrogens with zero attached hydrogens (tertiary/aromatic N) is 4. The van der Waals surface area contributed by atoms with Crippen LogP contribution in [0.1, 0.15) is 43.0 Å². The molecule has 2 aromatic heterocycles. The topological polar surface area (TPSA) is 132 Å². The van der Waals surface area contributed by atoms with E-state index in [1.165, 1.54) is 0 Å². The van der Waals surface area contributed by atoms with Crippen LogP contribution in [0.4, 0.5) is 17.6 Å². The first kappa shape index (κ1) is 19.6. The number of aromatic nitrogens is 3. The fourth-order valence-corrected chi connectivity index (χ4v) is 2.84. The maximum atomic E-state index is 12.4. The standard InChI is InChI=1S/C18H24N6O.H3N/c1-3-4-5-8-20-18-22-16(19)14-9-15(25)24(17(14)23-18)11-13-7-6-12(2)21-10-13;/h6-7,10H,3-5,8-9,11H2,1-2H3,(H3,19,20,22,23);1H3. The van der Waals surface area contributed by atoms with Gasteiger partial charge in [-0.1, -0.05) is 25.8 Å². The predicted octanol–water partition coefficient (Wildman–Crippen LogP) is 2.62. The summed E-state index contributed by atoms with van der Waals surface area (Å²) in [6.45, 7) is 5.32. The minimum absolute atomic E-state index is 0. The summed E-state index contributed by atoms with van der Waals surface area (Å²) < 4.78 is 0. The lowest BCUT2D eigenvalue weighted by Gasteiger charge is -2.17. The van der Waals surface area contributed by atoms with Crippen molar-refractivity contribution in [2.75, 3.05) is 22.5 Å². The molecule has 6 N–H and O–H groups in total. The zero-order chi connectivity index (χ0) is 17.8. The Kier molecular flexibility index (Phi) is 6.46. The van der Waals surface area contributed by atoms with Gasteiger partial charge in [-0.3, -0.25) is 14.7 Å². The number of carbonyl (C=O) groups excluding carboxylic acids is 1. The van der Waals surface area contributed by atoms with Crippen molar-refractivity contribution in [3.05, 3.63) is 35.2 Å². The first-order chi connectivity index (χ1) is 12.1. The first-order valence-electron chi connectivity index (χ1n) is 8.70. The number of aryl methyl sites for hydroxylation is 1. The molecule has 0 saturated carbocycles. The van der Waals surface area contributed by atoms with Gasteiger partial charge in [-0.15, -0.1) is 0 Å². The molecule has 8 heteroatoms. The first-order valence-corrected chi connectivity index (χ1v) is 8.70. The number of hydrogen-bond acceptors (Lipinski definition) is 7. The average Bonchev–Trinajstić information content (AvgIpc) is 2.90. The normalized spacial score (nSPS) is 12.7. The molecule has 2 aromatic rings. The second kappa shape index (κ2) is 8.57. The highest BCUT2D eigenvalue weighted by atomic mass is 16.2. The molecule has 0 saturated heterocycles. The maximum absolute atomic E-state index is 12.4. The minimum Gasteiger partial charge on any atom is -0.383 e. The number of nitrogen functional groups attached to an aromatic ring is 1. The third-order valence-corrected chi connectivity index (χ3v) is 4.28. The summed E-state index contributed by atoms with van der Waals surface area (Å²) >= 11 is 0. The summed E-state index contributed by atoms with van der Waals surface area (Å²) in [5.41, 5.74) is 8.68. The van der Waals surface area contributed by atoms with E-state index in [0.717, 1.165) is 37.1 Å². The molecule has 1 aliphatic heterocycles. The number of fused-ring (bicyclic) bond motifs is 1. The Balaban J connectivity index is 0.00000243. The Morgan fingerprint density at radius 2 is 2.08 bits per heavy atom. The SMILES string of the molecule is CCCCCNc1nc(N)c2c(n1)N(Cc1ccc(C)nc1)C(=O)C2.N. The number of nitrogens with two attached hydrogens (primary N) is 1. The lowest BCUT2D eigenvalue weighted by molar-refractivity contribution is -0.117. The van der Waals surface area contributed by atoms with Crippen LogP contribution in [0, 0.1) is 6.92 Å². The van der Waals surface area contributed by atoms with Gasteiger partial charge in [-0.25, -0.2) is 0 Å². The van der Waals surface area contributed by atoms with Crippen molar-refractivity contribution in [3.8, 4) is 0 Å². The van der Waals surface area contributed by atoms with Crippen molar-refractivity contribution in [3.63, 3.8) is 0 Å². The molecule has 26 heavy (non-hydrogen) atoms. The molecule has 0 bridgehead atoms. The van der Waals surface area contributed by atoms with Crippen molar-refractivity contribution in [1.82, 2.24) is 21.1 Å². The molecule has 0 aliphatic carbocycles. The number of pyridine rings is 1. The van der Waals surface area contributed by atoms with Crippen LogP contribution in [0.2, 0.25) is 0 Å². The van der Waals surface area contributed by atoms with Crippen LogP contribution < -0.4 is 22.1 Å². The van der Waals surface area contributed by atoms with Gasteiger partial charge in [0, 0.05) is 24.0 Å². The van der Waals surface area contributed by atoms with Crippen LogP contribution in [0.25, 0.3) is 0 Å². The van der Waals surface area contributed by atoms with E-state index < -0.39 is 0 Å². The van der Waals surface area contributed by atoms with E-state index in [0.29, 0.717) is 29.7 Å². The van der Waals surface area contributed by atoms with Gasteiger partial charge in [-0.2, -0.15) is 9.97 Å². The van der Waals surface area contributed by atoms with Gasteiger partial charge in [0.15, 0.2) is 0 Å². The highest BCUT2D eigenvalue weighted by Gasteiger charge is 2.32. The second-order valence-electron chi connectivity index (χ2n) is 6.33. The molecule has 0 aromatic carbocycles. The van der Waals surface area contributed by atoms with E-state index in [9.17, 15) is 4.79 Å². The van der Waals surface area contributed by atoms with Crippen molar-refractivity contribution in [1.29, 1.82) is 0 Å². The zero-order valence-corrected chi connectivity index (χ0v) is 15.5. The number of anilines is 3. The highest BCUT2D eigenvalue weighted by Crippen LogP contribution is 2.32.